The molecule has 2 heterocycles. The molecule has 1 aliphatic heterocycles. The Morgan fingerprint density at radius 1 is 1.41 bits per heavy atom. The van der Waals surface area contributed by atoms with Crippen molar-refractivity contribution >= 4 is 5.95 Å². The van der Waals surface area contributed by atoms with Crippen molar-refractivity contribution in [2.75, 3.05) is 25.1 Å². The average Bonchev–Trinajstić information content (AvgIpc) is 2.33. The Hall–Kier alpha value is -1.16. The molecule has 0 saturated carbocycles. The van der Waals surface area contributed by atoms with Gasteiger partial charge in [0, 0.05) is 32.1 Å². The number of rotatable bonds is 2. The zero-order chi connectivity index (χ0) is 12.4. The van der Waals surface area contributed by atoms with Crippen LogP contribution in [-0.4, -0.2) is 36.3 Å². The first-order valence-corrected chi connectivity index (χ1v) is 6.19. The van der Waals surface area contributed by atoms with E-state index in [1.54, 1.807) is 7.11 Å². The summed E-state index contributed by atoms with van der Waals surface area (Å²) >= 11 is 0. The third-order valence-electron chi connectivity index (χ3n) is 3.69. The van der Waals surface area contributed by atoms with Gasteiger partial charge in [-0.1, -0.05) is 6.92 Å². The normalized spacial score (nSPS) is 25.1. The molecule has 4 nitrogen and oxygen atoms in total. The first kappa shape index (κ1) is 12.3. The second kappa shape index (κ2) is 5.00. The predicted molar refractivity (Wildman–Crippen MR) is 68.3 cm³/mol. The Kier molecular flexibility index (Phi) is 3.62. The van der Waals surface area contributed by atoms with Crippen LogP contribution in [0.3, 0.4) is 0 Å². The third kappa shape index (κ3) is 2.57. The quantitative estimate of drug-likeness (QED) is 0.785. The highest BCUT2D eigenvalue weighted by atomic mass is 16.5. The number of anilines is 1. The van der Waals surface area contributed by atoms with Gasteiger partial charge < -0.3 is 9.64 Å². The van der Waals surface area contributed by atoms with Gasteiger partial charge in [0.25, 0.3) is 0 Å². The van der Waals surface area contributed by atoms with Gasteiger partial charge in [0.2, 0.25) is 5.95 Å². The van der Waals surface area contributed by atoms with Crippen molar-refractivity contribution in [1.82, 2.24) is 9.97 Å². The van der Waals surface area contributed by atoms with Crippen molar-refractivity contribution in [1.29, 1.82) is 0 Å². The molecule has 17 heavy (non-hydrogen) atoms. The number of hydrogen-bond acceptors (Lipinski definition) is 4. The van der Waals surface area contributed by atoms with Crippen molar-refractivity contribution in [3.8, 4) is 0 Å². The van der Waals surface area contributed by atoms with E-state index in [9.17, 15) is 0 Å². The second-order valence-corrected chi connectivity index (χ2v) is 4.92. The molecule has 2 rings (SSSR count). The number of hydrogen-bond donors (Lipinski definition) is 0. The molecule has 0 spiro atoms. The number of aryl methyl sites for hydroxylation is 2. The lowest BCUT2D eigenvalue weighted by molar-refractivity contribution is 0.0494. The molecule has 4 heteroatoms. The lowest BCUT2D eigenvalue weighted by Gasteiger charge is -2.36. The van der Waals surface area contributed by atoms with Gasteiger partial charge in [0.1, 0.15) is 0 Å². The molecule has 0 bridgehead atoms. The smallest absolute Gasteiger partial charge is 0.225 e. The van der Waals surface area contributed by atoms with Crippen LogP contribution in [0.15, 0.2) is 6.20 Å². The van der Waals surface area contributed by atoms with E-state index in [4.69, 9.17) is 4.74 Å². The maximum Gasteiger partial charge on any atom is 0.225 e. The molecule has 1 aromatic heterocycles. The van der Waals surface area contributed by atoms with E-state index in [2.05, 4.69) is 21.8 Å². The molecule has 94 valence electrons. The summed E-state index contributed by atoms with van der Waals surface area (Å²) in [6.45, 7) is 8.21. The Morgan fingerprint density at radius 3 is 2.82 bits per heavy atom. The number of aromatic nitrogens is 2. The summed E-state index contributed by atoms with van der Waals surface area (Å²) in [6, 6.07) is 0. The molecular formula is C13H21N3O. The van der Waals surface area contributed by atoms with E-state index >= 15 is 0 Å². The van der Waals surface area contributed by atoms with Crippen LogP contribution in [0.5, 0.6) is 0 Å². The van der Waals surface area contributed by atoms with Gasteiger partial charge in [0.05, 0.1) is 6.10 Å². The molecular weight excluding hydrogens is 214 g/mol. The minimum atomic E-state index is 0.286. The summed E-state index contributed by atoms with van der Waals surface area (Å²) in [6.07, 6.45) is 3.32. The topological polar surface area (TPSA) is 38.2 Å². The predicted octanol–water partition coefficient (Wildman–Crippen LogP) is 1.95. The van der Waals surface area contributed by atoms with Crippen LogP contribution in [0.2, 0.25) is 0 Å². The highest BCUT2D eigenvalue weighted by molar-refractivity contribution is 5.33. The minimum absolute atomic E-state index is 0.286. The summed E-state index contributed by atoms with van der Waals surface area (Å²) in [7, 11) is 1.78. The van der Waals surface area contributed by atoms with E-state index in [-0.39, 0.29) is 6.10 Å². The van der Waals surface area contributed by atoms with Gasteiger partial charge in [-0.05, 0) is 31.7 Å². The molecule has 0 radical (unpaired) electrons. The van der Waals surface area contributed by atoms with Crippen LogP contribution >= 0.6 is 0 Å². The molecule has 1 aromatic rings. The summed E-state index contributed by atoms with van der Waals surface area (Å²) < 4.78 is 5.51. The van der Waals surface area contributed by atoms with Crippen molar-refractivity contribution in [3.63, 3.8) is 0 Å². The van der Waals surface area contributed by atoms with Crippen LogP contribution in [0.25, 0.3) is 0 Å². The summed E-state index contributed by atoms with van der Waals surface area (Å²) in [5.74, 6) is 1.45. The number of methoxy groups -OCH3 is 1. The van der Waals surface area contributed by atoms with Crippen molar-refractivity contribution in [2.24, 2.45) is 5.92 Å². The first-order chi connectivity index (χ1) is 8.11. The van der Waals surface area contributed by atoms with Crippen molar-refractivity contribution < 1.29 is 4.74 Å². The van der Waals surface area contributed by atoms with Gasteiger partial charge in [-0.25, -0.2) is 9.97 Å². The Balaban J connectivity index is 2.14. The molecule has 1 saturated heterocycles. The molecule has 0 aromatic carbocycles. The van der Waals surface area contributed by atoms with E-state index in [1.807, 2.05) is 20.0 Å². The number of nitrogens with zero attached hydrogens (tertiary/aromatic N) is 3. The summed E-state index contributed by atoms with van der Waals surface area (Å²) in [5, 5.41) is 0. The SMILES string of the molecule is COC1CN(c2ncc(C)c(C)n2)CCC1C. The van der Waals surface area contributed by atoms with E-state index in [0.29, 0.717) is 5.92 Å². The molecule has 2 unspecified atom stereocenters. The molecule has 0 amide bonds. The van der Waals surface area contributed by atoms with Gasteiger partial charge in [0.15, 0.2) is 0 Å². The van der Waals surface area contributed by atoms with Crippen molar-refractivity contribution in [3.05, 3.63) is 17.5 Å². The largest absolute Gasteiger partial charge is 0.379 e. The summed E-state index contributed by atoms with van der Waals surface area (Å²) in [5.41, 5.74) is 2.20. The van der Waals surface area contributed by atoms with Crippen LogP contribution in [0.1, 0.15) is 24.6 Å². The fraction of sp³-hybridized carbons (Fsp3) is 0.692. The third-order valence-corrected chi connectivity index (χ3v) is 3.69. The first-order valence-electron chi connectivity index (χ1n) is 6.19. The molecule has 1 fully saturated rings. The maximum atomic E-state index is 5.51. The zero-order valence-corrected chi connectivity index (χ0v) is 11.1. The van der Waals surface area contributed by atoms with Crippen LogP contribution < -0.4 is 4.90 Å². The average molecular weight is 235 g/mol. The summed E-state index contributed by atoms with van der Waals surface area (Å²) in [4.78, 5) is 11.2. The Morgan fingerprint density at radius 2 is 2.18 bits per heavy atom. The molecule has 0 N–H and O–H groups in total. The molecule has 2 atom stereocenters. The highest BCUT2D eigenvalue weighted by Crippen LogP contribution is 2.22. The Bertz CT molecular complexity index is 394. The molecule has 1 aliphatic rings. The van der Waals surface area contributed by atoms with Gasteiger partial charge in [-0.2, -0.15) is 0 Å². The fourth-order valence-corrected chi connectivity index (χ4v) is 2.19. The number of piperidine rings is 1. The standard InChI is InChI=1S/C13H21N3O/c1-9-5-6-16(8-12(9)17-4)13-14-7-10(2)11(3)15-13/h7,9,12H,5-6,8H2,1-4H3. The lowest BCUT2D eigenvalue weighted by atomic mass is 9.96. The Labute approximate surface area is 103 Å². The zero-order valence-electron chi connectivity index (χ0n) is 11.1. The van der Waals surface area contributed by atoms with Crippen molar-refractivity contribution in [2.45, 2.75) is 33.3 Å². The monoisotopic (exact) mass is 235 g/mol. The van der Waals surface area contributed by atoms with E-state index in [1.165, 1.54) is 0 Å². The minimum Gasteiger partial charge on any atom is -0.379 e. The maximum absolute atomic E-state index is 5.51. The van der Waals surface area contributed by atoms with E-state index < -0.39 is 0 Å². The molecule has 0 aliphatic carbocycles. The fourth-order valence-electron chi connectivity index (χ4n) is 2.19. The second-order valence-electron chi connectivity index (χ2n) is 4.92. The van der Waals surface area contributed by atoms with Crippen LogP contribution in [-0.2, 0) is 4.74 Å². The van der Waals surface area contributed by atoms with Gasteiger partial charge >= 0.3 is 0 Å². The van der Waals surface area contributed by atoms with Gasteiger partial charge in [-0.3, -0.25) is 0 Å². The van der Waals surface area contributed by atoms with E-state index in [0.717, 1.165) is 36.7 Å². The van der Waals surface area contributed by atoms with Crippen LogP contribution in [0.4, 0.5) is 5.95 Å². The highest BCUT2D eigenvalue weighted by Gasteiger charge is 2.27. The number of ether oxygens (including phenoxy) is 1. The van der Waals surface area contributed by atoms with Crippen LogP contribution in [0, 0.1) is 19.8 Å². The lowest BCUT2D eigenvalue weighted by Crippen LogP contribution is -2.44. The van der Waals surface area contributed by atoms with Gasteiger partial charge in [-0.15, -0.1) is 0 Å².